The molecule has 6 heteroatoms. The number of hydrogen-bond donors (Lipinski definition) is 1. The molecule has 2 rings (SSSR count). The lowest BCUT2D eigenvalue weighted by atomic mass is 10.2. The van der Waals surface area contributed by atoms with Gasteiger partial charge in [0.2, 0.25) is 0 Å². The zero-order valence-corrected chi connectivity index (χ0v) is 13.0. The Kier molecular flexibility index (Phi) is 5.21. The minimum atomic E-state index is -0.0580. The van der Waals surface area contributed by atoms with Gasteiger partial charge in [-0.2, -0.15) is 0 Å². The number of hydrogen-bond acceptors (Lipinski definition) is 3. The zero-order valence-electron chi connectivity index (χ0n) is 10.7. The lowest BCUT2D eigenvalue weighted by molar-refractivity contribution is 0.0104. The molecule has 1 atom stereocenters. The fraction of sp³-hybridized carbons (Fsp3) is 0.462. The van der Waals surface area contributed by atoms with Gasteiger partial charge in [-0.1, -0.05) is 27.5 Å². The van der Waals surface area contributed by atoms with E-state index in [1.165, 1.54) is 0 Å². The SMILES string of the molecule is CN(CC1CNCCO1)C(=O)c1cc(Cl)cc(Br)c1. The molecular formula is C13H16BrClN2O2. The van der Waals surface area contributed by atoms with Gasteiger partial charge in [0, 0.05) is 41.7 Å². The predicted octanol–water partition coefficient (Wildman–Crippen LogP) is 2.16. The normalized spacial score (nSPS) is 19.2. The lowest BCUT2D eigenvalue weighted by Gasteiger charge is -2.28. The Morgan fingerprint density at radius 3 is 3.00 bits per heavy atom. The zero-order chi connectivity index (χ0) is 13.8. The monoisotopic (exact) mass is 346 g/mol. The van der Waals surface area contributed by atoms with E-state index in [2.05, 4.69) is 21.2 Å². The maximum absolute atomic E-state index is 12.3. The van der Waals surface area contributed by atoms with E-state index in [0.717, 1.165) is 17.6 Å². The van der Waals surface area contributed by atoms with Gasteiger partial charge in [0.1, 0.15) is 0 Å². The third kappa shape index (κ3) is 4.18. The Bertz CT molecular complexity index is 444. The summed E-state index contributed by atoms with van der Waals surface area (Å²) >= 11 is 9.29. The van der Waals surface area contributed by atoms with Crippen LogP contribution in [0, 0.1) is 0 Å². The summed E-state index contributed by atoms with van der Waals surface area (Å²) in [5.74, 6) is -0.0580. The molecular weight excluding hydrogens is 332 g/mol. The number of carbonyl (C=O) groups excluding carboxylic acids is 1. The van der Waals surface area contributed by atoms with Gasteiger partial charge in [-0.05, 0) is 18.2 Å². The smallest absolute Gasteiger partial charge is 0.253 e. The topological polar surface area (TPSA) is 41.6 Å². The Morgan fingerprint density at radius 1 is 1.58 bits per heavy atom. The number of nitrogens with zero attached hydrogens (tertiary/aromatic N) is 1. The van der Waals surface area contributed by atoms with Crippen molar-refractivity contribution in [2.45, 2.75) is 6.10 Å². The fourth-order valence-corrected chi connectivity index (χ4v) is 2.88. The van der Waals surface area contributed by atoms with Crippen molar-refractivity contribution in [1.82, 2.24) is 10.2 Å². The van der Waals surface area contributed by atoms with Gasteiger partial charge in [-0.3, -0.25) is 4.79 Å². The van der Waals surface area contributed by atoms with Gasteiger partial charge >= 0.3 is 0 Å². The highest BCUT2D eigenvalue weighted by molar-refractivity contribution is 9.10. The molecule has 4 nitrogen and oxygen atoms in total. The molecule has 1 amide bonds. The molecule has 1 unspecified atom stereocenters. The van der Waals surface area contributed by atoms with E-state index in [9.17, 15) is 4.79 Å². The molecule has 1 heterocycles. The van der Waals surface area contributed by atoms with Crippen LogP contribution in [-0.4, -0.2) is 50.2 Å². The molecule has 0 saturated carbocycles. The van der Waals surface area contributed by atoms with Crippen molar-refractivity contribution in [3.05, 3.63) is 33.3 Å². The number of carbonyl (C=O) groups is 1. The molecule has 0 aliphatic carbocycles. The Balaban J connectivity index is 2.01. The highest BCUT2D eigenvalue weighted by Gasteiger charge is 2.19. The van der Waals surface area contributed by atoms with Crippen molar-refractivity contribution < 1.29 is 9.53 Å². The van der Waals surface area contributed by atoms with E-state index in [1.807, 2.05) is 0 Å². The first-order chi connectivity index (χ1) is 9.06. The van der Waals surface area contributed by atoms with E-state index >= 15 is 0 Å². The van der Waals surface area contributed by atoms with Crippen LogP contribution < -0.4 is 5.32 Å². The summed E-state index contributed by atoms with van der Waals surface area (Å²) in [6.07, 6.45) is 0.0466. The van der Waals surface area contributed by atoms with Gasteiger partial charge < -0.3 is 15.0 Å². The third-order valence-electron chi connectivity index (χ3n) is 2.94. The summed E-state index contributed by atoms with van der Waals surface area (Å²) in [4.78, 5) is 14.0. The largest absolute Gasteiger partial charge is 0.374 e. The van der Waals surface area contributed by atoms with Crippen LogP contribution in [0.25, 0.3) is 0 Å². The molecule has 1 aromatic carbocycles. The van der Waals surface area contributed by atoms with Gasteiger partial charge in [0.05, 0.1) is 12.7 Å². The molecule has 1 saturated heterocycles. The summed E-state index contributed by atoms with van der Waals surface area (Å²) in [6, 6.07) is 5.20. The summed E-state index contributed by atoms with van der Waals surface area (Å²) in [5, 5.41) is 3.79. The minimum Gasteiger partial charge on any atom is -0.374 e. The number of morpholine rings is 1. The Labute approximate surface area is 126 Å². The number of likely N-dealkylation sites (N-methyl/N-ethyl adjacent to an activating group) is 1. The second-order valence-electron chi connectivity index (χ2n) is 4.54. The quantitative estimate of drug-likeness (QED) is 0.911. The van der Waals surface area contributed by atoms with E-state index in [1.54, 1.807) is 30.1 Å². The number of halogens is 2. The lowest BCUT2D eigenvalue weighted by Crippen LogP contribution is -2.45. The number of amides is 1. The number of ether oxygens (including phenoxy) is 1. The molecule has 1 aliphatic heterocycles. The van der Waals surface area contributed by atoms with Crippen molar-refractivity contribution in [2.24, 2.45) is 0 Å². The van der Waals surface area contributed by atoms with Crippen molar-refractivity contribution in [3.8, 4) is 0 Å². The van der Waals surface area contributed by atoms with E-state index in [-0.39, 0.29) is 12.0 Å². The summed E-state index contributed by atoms with van der Waals surface area (Å²) in [7, 11) is 1.77. The number of rotatable bonds is 3. The second kappa shape index (κ2) is 6.70. The molecule has 1 fully saturated rings. The summed E-state index contributed by atoms with van der Waals surface area (Å²) < 4.78 is 6.39. The van der Waals surface area contributed by atoms with Gasteiger partial charge in [-0.25, -0.2) is 0 Å². The molecule has 1 N–H and O–H groups in total. The Hall–Kier alpha value is -0.620. The first-order valence-electron chi connectivity index (χ1n) is 6.10. The number of benzene rings is 1. The average Bonchev–Trinajstić information content (AvgIpc) is 2.37. The molecule has 0 aromatic heterocycles. The third-order valence-corrected chi connectivity index (χ3v) is 3.61. The second-order valence-corrected chi connectivity index (χ2v) is 5.89. The molecule has 0 radical (unpaired) electrons. The minimum absolute atomic E-state index is 0.0466. The van der Waals surface area contributed by atoms with Gasteiger partial charge in [0.15, 0.2) is 0 Å². The molecule has 19 heavy (non-hydrogen) atoms. The first kappa shape index (κ1) is 14.8. The Morgan fingerprint density at radius 2 is 2.37 bits per heavy atom. The van der Waals surface area contributed by atoms with E-state index in [0.29, 0.717) is 23.7 Å². The maximum atomic E-state index is 12.3. The first-order valence-corrected chi connectivity index (χ1v) is 7.27. The van der Waals surface area contributed by atoms with Crippen LogP contribution in [0.1, 0.15) is 10.4 Å². The highest BCUT2D eigenvalue weighted by atomic mass is 79.9. The van der Waals surface area contributed by atoms with Crippen LogP contribution in [0.3, 0.4) is 0 Å². The molecule has 1 aliphatic rings. The van der Waals surface area contributed by atoms with Crippen molar-refractivity contribution >= 4 is 33.4 Å². The average molecular weight is 348 g/mol. The molecule has 104 valence electrons. The molecule has 0 spiro atoms. The van der Waals surface area contributed by atoms with Crippen LogP contribution in [0.2, 0.25) is 5.02 Å². The van der Waals surface area contributed by atoms with Crippen molar-refractivity contribution in [2.75, 3.05) is 33.3 Å². The van der Waals surface area contributed by atoms with Gasteiger partial charge in [-0.15, -0.1) is 0 Å². The van der Waals surface area contributed by atoms with E-state index in [4.69, 9.17) is 16.3 Å². The molecule has 0 bridgehead atoms. The summed E-state index contributed by atoms with van der Waals surface area (Å²) in [6.45, 7) is 2.90. The molecule has 1 aromatic rings. The maximum Gasteiger partial charge on any atom is 0.253 e. The van der Waals surface area contributed by atoms with Crippen LogP contribution in [0.15, 0.2) is 22.7 Å². The van der Waals surface area contributed by atoms with Crippen molar-refractivity contribution in [3.63, 3.8) is 0 Å². The standard InChI is InChI=1S/C13H16BrClN2O2/c1-17(8-12-7-16-2-3-19-12)13(18)9-4-10(14)6-11(15)5-9/h4-6,12,16H,2-3,7-8H2,1H3. The van der Waals surface area contributed by atoms with Crippen LogP contribution in [0.5, 0.6) is 0 Å². The van der Waals surface area contributed by atoms with Gasteiger partial charge in [0.25, 0.3) is 5.91 Å². The van der Waals surface area contributed by atoms with Crippen LogP contribution >= 0.6 is 27.5 Å². The predicted molar refractivity (Wildman–Crippen MR) is 78.7 cm³/mol. The fourth-order valence-electron chi connectivity index (χ4n) is 2.02. The number of nitrogens with one attached hydrogen (secondary N) is 1. The summed E-state index contributed by atoms with van der Waals surface area (Å²) in [5.41, 5.74) is 0.575. The van der Waals surface area contributed by atoms with Crippen molar-refractivity contribution in [1.29, 1.82) is 0 Å². The van der Waals surface area contributed by atoms with Crippen LogP contribution in [0.4, 0.5) is 0 Å². The van der Waals surface area contributed by atoms with Crippen LogP contribution in [-0.2, 0) is 4.74 Å². The van der Waals surface area contributed by atoms with E-state index < -0.39 is 0 Å². The highest BCUT2D eigenvalue weighted by Crippen LogP contribution is 2.20.